The molecule has 4 aromatic rings. The molecule has 0 atom stereocenters. The van der Waals surface area contributed by atoms with Gasteiger partial charge in [-0.3, -0.25) is 15.0 Å². The molecule has 0 aliphatic rings. The van der Waals surface area contributed by atoms with Crippen molar-refractivity contribution in [1.82, 2.24) is 9.66 Å². The SMILES string of the molecule is CCc1ccc(C(=O)Nn2cnc3sc(C)c(-c4ccccc4)c3c2=O)cc1. The van der Waals surface area contributed by atoms with E-state index < -0.39 is 0 Å². The van der Waals surface area contributed by atoms with Crippen LogP contribution in [0.25, 0.3) is 21.3 Å². The van der Waals surface area contributed by atoms with Gasteiger partial charge >= 0.3 is 0 Å². The van der Waals surface area contributed by atoms with Crippen LogP contribution in [0.2, 0.25) is 0 Å². The zero-order valence-electron chi connectivity index (χ0n) is 15.6. The van der Waals surface area contributed by atoms with Gasteiger partial charge in [-0.1, -0.05) is 49.4 Å². The third-order valence-electron chi connectivity index (χ3n) is 4.70. The largest absolute Gasteiger partial charge is 0.281 e. The Morgan fingerprint density at radius 1 is 1.11 bits per heavy atom. The van der Waals surface area contributed by atoms with Crippen LogP contribution >= 0.6 is 11.3 Å². The lowest BCUT2D eigenvalue weighted by Gasteiger charge is -2.09. The normalized spacial score (nSPS) is 10.9. The molecule has 1 N–H and O–H groups in total. The lowest BCUT2D eigenvalue weighted by molar-refractivity contribution is 0.101. The van der Waals surface area contributed by atoms with Crippen molar-refractivity contribution in [3.8, 4) is 11.1 Å². The number of hydrogen-bond acceptors (Lipinski definition) is 4. The van der Waals surface area contributed by atoms with Gasteiger partial charge in [0.2, 0.25) is 0 Å². The van der Waals surface area contributed by atoms with E-state index in [0.717, 1.165) is 32.7 Å². The Bertz CT molecular complexity index is 1210. The van der Waals surface area contributed by atoms with Gasteiger partial charge in [-0.15, -0.1) is 11.3 Å². The second-order valence-corrected chi connectivity index (χ2v) is 7.69. The molecule has 2 aromatic carbocycles. The van der Waals surface area contributed by atoms with Gasteiger partial charge in [-0.25, -0.2) is 9.66 Å². The molecular formula is C22H19N3O2S. The van der Waals surface area contributed by atoms with Crippen LogP contribution in [0, 0.1) is 6.92 Å². The van der Waals surface area contributed by atoms with Gasteiger partial charge in [0.25, 0.3) is 11.5 Å². The van der Waals surface area contributed by atoms with E-state index in [-0.39, 0.29) is 11.5 Å². The zero-order valence-corrected chi connectivity index (χ0v) is 16.4. The number of thiophene rings is 1. The summed E-state index contributed by atoms with van der Waals surface area (Å²) in [6.07, 6.45) is 2.27. The molecule has 1 amide bonds. The van der Waals surface area contributed by atoms with Crippen LogP contribution in [0.5, 0.6) is 0 Å². The smallest absolute Gasteiger partial charge is 0.267 e. The first-order chi connectivity index (χ1) is 13.6. The predicted molar refractivity (Wildman–Crippen MR) is 114 cm³/mol. The monoisotopic (exact) mass is 389 g/mol. The quantitative estimate of drug-likeness (QED) is 0.563. The Morgan fingerprint density at radius 2 is 1.82 bits per heavy atom. The van der Waals surface area contributed by atoms with E-state index in [1.165, 1.54) is 17.7 Å². The number of aromatic nitrogens is 2. The van der Waals surface area contributed by atoms with Crippen LogP contribution < -0.4 is 11.0 Å². The molecule has 140 valence electrons. The summed E-state index contributed by atoms with van der Waals surface area (Å²) in [5, 5.41) is 0.526. The molecule has 0 aliphatic heterocycles. The molecule has 2 aromatic heterocycles. The number of benzene rings is 2. The molecule has 5 nitrogen and oxygen atoms in total. The molecule has 0 saturated heterocycles. The first-order valence-corrected chi connectivity index (χ1v) is 9.86. The van der Waals surface area contributed by atoms with Gasteiger partial charge in [-0.2, -0.15) is 0 Å². The summed E-state index contributed by atoms with van der Waals surface area (Å²) < 4.78 is 1.16. The number of nitrogens with one attached hydrogen (secondary N) is 1. The lowest BCUT2D eigenvalue weighted by atomic mass is 10.0. The summed E-state index contributed by atoms with van der Waals surface area (Å²) in [7, 11) is 0. The highest BCUT2D eigenvalue weighted by atomic mass is 32.1. The maximum atomic E-state index is 13.1. The third-order valence-corrected chi connectivity index (χ3v) is 5.71. The molecule has 0 saturated carbocycles. The number of carbonyl (C=O) groups is 1. The minimum Gasteiger partial charge on any atom is -0.267 e. The maximum absolute atomic E-state index is 13.1. The predicted octanol–water partition coefficient (Wildman–Crippen LogP) is 4.38. The van der Waals surface area contributed by atoms with Crippen molar-refractivity contribution in [2.45, 2.75) is 20.3 Å². The van der Waals surface area contributed by atoms with Crippen molar-refractivity contribution in [2.75, 3.05) is 5.43 Å². The van der Waals surface area contributed by atoms with Crippen molar-refractivity contribution >= 4 is 27.5 Å². The van der Waals surface area contributed by atoms with Crippen LogP contribution in [-0.4, -0.2) is 15.6 Å². The summed E-state index contributed by atoms with van der Waals surface area (Å²) in [4.78, 5) is 31.8. The Kier molecular flexibility index (Phi) is 4.79. The average molecular weight is 389 g/mol. The topological polar surface area (TPSA) is 64.0 Å². The molecule has 4 rings (SSSR count). The van der Waals surface area contributed by atoms with E-state index in [1.54, 1.807) is 12.1 Å². The Hall–Kier alpha value is -3.25. The first-order valence-electron chi connectivity index (χ1n) is 9.05. The average Bonchev–Trinajstić information content (AvgIpc) is 3.07. The van der Waals surface area contributed by atoms with Crippen LogP contribution in [0.4, 0.5) is 0 Å². The number of aryl methyl sites for hydroxylation is 2. The highest BCUT2D eigenvalue weighted by Gasteiger charge is 2.17. The van der Waals surface area contributed by atoms with Gasteiger partial charge in [0.1, 0.15) is 11.2 Å². The number of fused-ring (bicyclic) bond motifs is 1. The highest BCUT2D eigenvalue weighted by Crippen LogP contribution is 2.35. The fourth-order valence-corrected chi connectivity index (χ4v) is 4.20. The van der Waals surface area contributed by atoms with Crippen LogP contribution in [0.1, 0.15) is 27.7 Å². The Labute approximate surface area is 166 Å². The van der Waals surface area contributed by atoms with E-state index in [1.807, 2.05) is 49.4 Å². The van der Waals surface area contributed by atoms with Gasteiger partial charge in [-0.05, 0) is 36.6 Å². The van der Waals surface area contributed by atoms with E-state index in [0.29, 0.717) is 15.8 Å². The molecule has 0 radical (unpaired) electrons. The van der Waals surface area contributed by atoms with Crippen molar-refractivity contribution in [1.29, 1.82) is 0 Å². The van der Waals surface area contributed by atoms with Gasteiger partial charge < -0.3 is 0 Å². The minimum atomic E-state index is -0.348. The summed E-state index contributed by atoms with van der Waals surface area (Å²) in [5.74, 6) is -0.348. The number of rotatable bonds is 4. The number of nitrogens with zero attached hydrogens (tertiary/aromatic N) is 2. The Morgan fingerprint density at radius 3 is 2.50 bits per heavy atom. The van der Waals surface area contributed by atoms with Crippen LogP contribution in [0.15, 0.2) is 65.7 Å². The lowest BCUT2D eigenvalue weighted by Crippen LogP contribution is -2.33. The fraction of sp³-hybridized carbons (Fsp3) is 0.136. The molecule has 2 heterocycles. The van der Waals surface area contributed by atoms with Gasteiger partial charge in [0, 0.05) is 16.0 Å². The summed E-state index contributed by atoms with van der Waals surface area (Å²) >= 11 is 1.48. The zero-order chi connectivity index (χ0) is 19.7. The number of hydrogen-bond donors (Lipinski definition) is 1. The molecule has 0 bridgehead atoms. The van der Waals surface area contributed by atoms with Crippen molar-refractivity contribution in [3.05, 3.63) is 87.3 Å². The highest BCUT2D eigenvalue weighted by molar-refractivity contribution is 7.19. The van der Waals surface area contributed by atoms with Crippen LogP contribution in [0.3, 0.4) is 0 Å². The minimum absolute atomic E-state index is 0.285. The summed E-state index contributed by atoms with van der Waals surface area (Å²) in [6.45, 7) is 4.04. The maximum Gasteiger partial charge on any atom is 0.281 e. The number of carbonyl (C=O) groups excluding carboxylic acids is 1. The summed E-state index contributed by atoms with van der Waals surface area (Å²) in [5.41, 5.74) is 5.84. The van der Waals surface area contributed by atoms with Gasteiger partial charge in [0.15, 0.2) is 0 Å². The van der Waals surface area contributed by atoms with Crippen molar-refractivity contribution in [2.24, 2.45) is 0 Å². The van der Waals surface area contributed by atoms with Gasteiger partial charge in [0.05, 0.1) is 5.39 Å². The fourth-order valence-electron chi connectivity index (χ4n) is 3.20. The molecule has 6 heteroatoms. The molecular weight excluding hydrogens is 370 g/mol. The molecule has 0 unspecified atom stereocenters. The molecule has 0 spiro atoms. The third kappa shape index (κ3) is 3.23. The second kappa shape index (κ2) is 7.40. The van der Waals surface area contributed by atoms with E-state index >= 15 is 0 Å². The first kappa shape index (κ1) is 18.1. The second-order valence-electron chi connectivity index (χ2n) is 6.49. The van der Waals surface area contributed by atoms with E-state index in [4.69, 9.17) is 0 Å². The Balaban J connectivity index is 1.75. The van der Waals surface area contributed by atoms with Crippen molar-refractivity contribution < 1.29 is 4.79 Å². The summed E-state index contributed by atoms with van der Waals surface area (Å²) in [6, 6.07) is 17.1. The van der Waals surface area contributed by atoms with E-state index in [2.05, 4.69) is 17.3 Å². The van der Waals surface area contributed by atoms with Crippen molar-refractivity contribution in [3.63, 3.8) is 0 Å². The molecule has 0 aliphatic carbocycles. The standard InChI is InChI=1S/C22H19N3O2S/c1-3-15-9-11-17(12-10-15)20(26)24-25-13-23-21-19(22(25)27)18(14(2)28-21)16-7-5-4-6-8-16/h4-13H,3H2,1-2H3,(H,24,26). The van der Waals surface area contributed by atoms with E-state index in [9.17, 15) is 9.59 Å². The molecule has 28 heavy (non-hydrogen) atoms. The van der Waals surface area contributed by atoms with Crippen LogP contribution in [-0.2, 0) is 6.42 Å². The number of amides is 1. The molecule has 0 fully saturated rings.